The minimum absolute atomic E-state index is 0.110. The molecule has 154 valence electrons. The van der Waals surface area contributed by atoms with E-state index in [1.807, 2.05) is 6.92 Å². The third-order valence-electron chi connectivity index (χ3n) is 4.02. The molecule has 0 aliphatic rings. The molecule has 0 N–H and O–H groups in total. The van der Waals surface area contributed by atoms with E-state index in [1.165, 1.54) is 15.9 Å². The quantitative estimate of drug-likeness (QED) is 0.515. The number of thiophene rings is 1. The molecule has 2 aromatic rings. The Morgan fingerprint density at radius 2 is 1.93 bits per heavy atom. The average Bonchev–Trinajstić information content (AvgIpc) is 2.90. The zero-order valence-electron chi connectivity index (χ0n) is 17.2. The maximum atomic E-state index is 12.8. The van der Waals surface area contributed by atoms with Crippen molar-refractivity contribution in [3.05, 3.63) is 31.3 Å². The molecule has 2 aromatic heterocycles. The normalized spacial score (nSPS) is 12.2. The van der Waals surface area contributed by atoms with E-state index in [0.717, 1.165) is 10.4 Å². The van der Waals surface area contributed by atoms with Gasteiger partial charge in [-0.3, -0.25) is 23.7 Å². The highest BCUT2D eigenvalue weighted by molar-refractivity contribution is 7.20. The Hall–Kier alpha value is -2.26. The summed E-state index contributed by atoms with van der Waals surface area (Å²) in [5.74, 6) is -0.423. The predicted octanol–water partition coefficient (Wildman–Crippen LogP) is 1.96. The van der Waals surface area contributed by atoms with Crippen LogP contribution in [-0.2, 0) is 27.4 Å². The van der Waals surface area contributed by atoms with Gasteiger partial charge in [-0.15, -0.1) is 11.3 Å². The zero-order valence-corrected chi connectivity index (χ0v) is 18.0. The summed E-state index contributed by atoms with van der Waals surface area (Å²) in [5.41, 5.74) is -0.485. The first-order valence-corrected chi connectivity index (χ1v) is 9.89. The maximum absolute atomic E-state index is 12.8. The van der Waals surface area contributed by atoms with E-state index >= 15 is 0 Å². The molecule has 0 unspecified atom stereocenters. The van der Waals surface area contributed by atoms with Crippen molar-refractivity contribution >= 4 is 33.7 Å². The van der Waals surface area contributed by atoms with Crippen molar-refractivity contribution in [2.45, 2.75) is 53.3 Å². The van der Waals surface area contributed by atoms with Gasteiger partial charge in [0, 0.05) is 19.9 Å². The standard InChI is InChI=1S/C19H27N3O5S/c1-7-21-16(24)15-12(2)13(10-20-11-14(23)27-19(3,4)5)28-17(15)22(18(21)25)8-9-26-6/h10H,7-9,11H2,1-6H3. The van der Waals surface area contributed by atoms with E-state index in [-0.39, 0.29) is 24.3 Å². The molecule has 0 fully saturated rings. The van der Waals surface area contributed by atoms with Gasteiger partial charge in [-0.1, -0.05) is 0 Å². The second kappa shape index (κ2) is 8.83. The van der Waals surface area contributed by atoms with Crippen LogP contribution in [-0.4, -0.2) is 47.2 Å². The first-order valence-electron chi connectivity index (χ1n) is 9.08. The van der Waals surface area contributed by atoms with Crippen molar-refractivity contribution in [1.29, 1.82) is 0 Å². The monoisotopic (exact) mass is 409 g/mol. The number of hydrogen-bond acceptors (Lipinski definition) is 7. The van der Waals surface area contributed by atoms with E-state index < -0.39 is 11.6 Å². The molecule has 9 heteroatoms. The van der Waals surface area contributed by atoms with Crippen molar-refractivity contribution in [1.82, 2.24) is 9.13 Å². The van der Waals surface area contributed by atoms with Crippen LogP contribution in [0.1, 0.15) is 38.1 Å². The highest BCUT2D eigenvalue weighted by Gasteiger charge is 2.19. The van der Waals surface area contributed by atoms with Gasteiger partial charge in [0.1, 0.15) is 17.0 Å². The van der Waals surface area contributed by atoms with Crippen LogP contribution in [0.4, 0.5) is 0 Å². The van der Waals surface area contributed by atoms with E-state index in [2.05, 4.69) is 4.99 Å². The number of methoxy groups -OCH3 is 1. The number of nitrogens with zero attached hydrogens (tertiary/aromatic N) is 3. The highest BCUT2D eigenvalue weighted by Crippen LogP contribution is 2.26. The number of ether oxygens (including phenoxy) is 2. The van der Waals surface area contributed by atoms with Gasteiger partial charge in [0.15, 0.2) is 0 Å². The number of aryl methyl sites for hydroxylation is 1. The van der Waals surface area contributed by atoms with E-state index in [1.54, 1.807) is 45.6 Å². The lowest BCUT2D eigenvalue weighted by molar-refractivity contribution is -0.152. The SMILES string of the molecule is CCn1c(=O)c2c(C)c(C=NCC(=O)OC(C)(C)C)sc2n(CCOC)c1=O. The summed E-state index contributed by atoms with van der Waals surface area (Å²) in [6, 6.07) is 0. The second-order valence-corrected chi connectivity index (χ2v) is 8.33. The Kier molecular flexibility index (Phi) is 6.95. The molecule has 0 radical (unpaired) electrons. The van der Waals surface area contributed by atoms with Crippen molar-refractivity contribution in [3.63, 3.8) is 0 Å². The summed E-state index contributed by atoms with van der Waals surface area (Å²) in [5, 5.41) is 0.501. The van der Waals surface area contributed by atoms with Gasteiger partial charge >= 0.3 is 11.7 Å². The molecule has 0 spiro atoms. The van der Waals surface area contributed by atoms with Crippen LogP contribution in [0.15, 0.2) is 14.6 Å². The molecule has 0 amide bonds. The number of esters is 1. The third-order valence-corrected chi connectivity index (χ3v) is 5.26. The predicted molar refractivity (Wildman–Crippen MR) is 111 cm³/mol. The fourth-order valence-electron chi connectivity index (χ4n) is 2.77. The van der Waals surface area contributed by atoms with E-state index in [4.69, 9.17) is 9.47 Å². The van der Waals surface area contributed by atoms with Gasteiger partial charge in [-0.25, -0.2) is 4.79 Å². The average molecular weight is 410 g/mol. The Labute approximate surface area is 167 Å². The smallest absolute Gasteiger partial charge is 0.332 e. The van der Waals surface area contributed by atoms with Crippen LogP contribution in [0, 0.1) is 6.92 Å². The Balaban J connectivity index is 2.47. The Morgan fingerprint density at radius 3 is 2.50 bits per heavy atom. The van der Waals surface area contributed by atoms with E-state index in [0.29, 0.717) is 23.4 Å². The van der Waals surface area contributed by atoms with Gasteiger partial charge < -0.3 is 9.47 Å². The van der Waals surface area contributed by atoms with E-state index in [9.17, 15) is 14.4 Å². The number of hydrogen-bond donors (Lipinski definition) is 0. The molecule has 0 aromatic carbocycles. The molecule has 0 saturated heterocycles. The molecule has 0 bridgehead atoms. The third kappa shape index (κ3) is 4.77. The summed E-state index contributed by atoms with van der Waals surface area (Å²) in [6.45, 7) is 9.85. The van der Waals surface area contributed by atoms with Crippen molar-refractivity contribution in [2.24, 2.45) is 4.99 Å². The molecule has 0 aliphatic carbocycles. The summed E-state index contributed by atoms with van der Waals surface area (Å²) in [7, 11) is 1.56. The molecule has 0 saturated carbocycles. The van der Waals surface area contributed by atoms with Crippen LogP contribution >= 0.6 is 11.3 Å². The van der Waals surface area contributed by atoms with Crippen LogP contribution in [0.5, 0.6) is 0 Å². The largest absolute Gasteiger partial charge is 0.459 e. The number of carbonyl (C=O) groups is 1. The number of rotatable bonds is 7. The van der Waals surface area contributed by atoms with Crippen molar-refractivity contribution in [3.8, 4) is 0 Å². The van der Waals surface area contributed by atoms with Gasteiger partial charge in [0.25, 0.3) is 5.56 Å². The number of aromatic nitrogens is 2. The van der Waals surface area contributed by atoms with Gasteiger partial charge in [0.2, 0.25) is 0 Å². The van der Waals surface area contributed by atoms with Gasteiger partial charge in [-0.05, 0) is 40.2 Å². The Morgan fingerprint density at radius 1 is 1.25 bits per heavy atom. The number of aliphatic imine (C=N–C) groups is 1. The summed E-state index contributed by atoms with van der Waals surface area (Å²) in [4.78, 5) is 42.8. The molecular formula is C19H27N3O5S. The fourth-order valence-corrected chi connectivity index (χ4v) is 3.98. The summed E-state index contributed by atoms with van der Waals surface area (Å²) >= 11 is 1.31. The van der Waals surface area contributed by atoms with Gasteiger partial charge in [-0.2, -0.15) is 0 Å². The highest BCUT2D eigenvalue weighted by atomic mass is 32.1. The lowest BCUT2D eigenvalue weighted by atomic mass is 10.2. The maximum Gasteiger partial charge on any atom is 0.332 e. The summed E-state index contributed by atoms with van der Waals surface area (Å²) in [6.07, 6.45) is 1.56. The molecule has 0 atom stereocenters. The lowest BCUT2D eigenvalue weighted by Gasteiger charge is -2.18. The summed E-state index contributed by atoms with van der Waals surface area (Å²) < 4.78 is 13.1. The van der Waals surface area contributed by atoms with Crippen molar-refractivity contribution < 1.29 is 14.3 Å². The topological polar surface area (TPSA) is 91.9 Å². The van der Waals surface area contributed by atoms with Crippen molar-refractivity contribution in [2.75, 3.05) is 20.3 Å². The van der Waals surface area contributed by atoms with Gasteiger partial charge in [0.05, 0.1) is 23.4 Å². The Bertz CT molecular complexity index is 1010. The second-order valence-electron chi connectivity index (χ2n) is 7.30. The number of fused-ring (bicyclic) bond motifs is 1. The first kappa shape index (κ1) is 22.0. The molecule has 28 heavy (non-hydrogen) atoms. The fraction of sp³-hybridized carbons (Fsp3) is 0.579. The van der Waals surface area contributed by atoms with Crippen LogP contribution < -0.4 is 11.2 Å². The molecular weight excluding hydrogens is 382 g/mol. The van der Waals surface area contributed by atoms with Crippen LogP contribution in [0.3, 0.4) is 0 Å². The minimum Gasteiger partial charge on any atom is -0.459 e. The first-order chi connectivity index (χ1) is 13.1. The zero-order chi connectivity index (χ0) is 21.1. The number of carbonyl (C=O) groups excluding carboxylic acids is 1. The molecule has 8 nitrogen and oxygen atoms in total. The van der Waals surface area contributed by atoms with Crippen LogP contribution in [0.2, 0.25) is 0 Å². The van der Waals surface area contributed by atoms with Crippen LogP contribution in [0.25, 0.3) is 10.2 Å². The molecule has 2 rings (SSSR count). The minimum atomic E-state index is -0.567. The molecule has 0 aliphatic heterocycles. The lowest BCUT2D eigenvalue weighted by Crippen LogP contribution is -2.39. The molecule has 2 heterocycles.